The van der Waals surface area contributed by atoms with Crippen LogP contribution in [0.4, 0.5) is 11.4 Å². The Morgan fingerprint density at radius 3 is 1.02 bits per heavy atom. The third-order valence-electron chi connectivity index (χ3n) is 19.1. The van der Waals surface area contributed by atoms with Crippen LogP contribution in [0.1, 0.15) is 104 Å². The Morgan fingerprint density at radius 1 is 0.375 bits per heavy atom. The van der Waals surface area contributed by atoms with E-state index < -0.39 is 37.0 Å². The zero-order valence-corrected chi connectivity index (χ0v) is 73.2. The zero-order valence-electron chi connectivity index (χ0n) is 60.2. The van der Waals surface area contributed by atoms with E-state index in [2.05, 4.69) is 294 Å². The number of thiophene rings is 4. The maximum atomic E-state index is 6.24. The first kappa shape index (κ1) is 82.0. The Kier molecular flexibility index (Phi) is 27.7. The summed E-state index contributed by atoms with van der Waals surface area (Å²) in [6.07, 6.45) is 0.0315. The van der Waals surface area contributed by atoms with Gasteiger partial charge in [0.05, 0.1) is 82.2 Å². The minimum absolute atomic E-state index is 0.0315. The quantitative estimate of drug-likeness (QED) is 0.0784. The summed E-state index contributed by atoms with van der Waals surface area (Å²) in [5, 5.41) is 17.0. The Morgan fingerprint density at radius 2 is 0.663 bits per heavy atom. The maximum Gasteiger partial charge on any atom is -0.0134 e. The van der Waals surface area contributed by atoms with Crippen LogP contribution in [0.25, 0.3) is 19.5 Å². The van der Waals surface area contributed by atoms with Crippen molar-refractivity contribution in [2.75, 3.05) is 0 Å². The fourth-order valence-electron chi connectivity index (χ4n) is 11.1. The predicted octanol–water partition coefficient (Wildman–Crippen LogP) is 21.4. The van der Waals surface area contributed by atoms with E-state index in [1.807, 2.05) is 67.5 Å². The summed E-state index contributed by atoms with van der Waals surface area (Å²) in [5.74, 6) is 0. The van der Waals surface area contributed by atoms with Gasteiger partial charge in [-0.15, -0.1) is 64.6 Å². The fraction of sp³-hybridized carbons (Fsp3) is 0.307. The number of nitrogens with zero attached hydrogens (tertiary/aromatic N) is 4. The van der Waals surface area contributed by atoms with Crippen LogP contribution >= 0.6 is 136 Å². The van der Waals surface area contributed by atoms with Crippen LogP contribution in [-0.2, 0) is 53.2 Å². The first-order valence-corrected chi connectivity index (χ1v) is 46.6. The second-order valence-corrected chi connectivity index (χ2v) is 43.6. The summed E-state index contributed by atoms with van der Waals surface area (Å²) < 4.78 is 61.3. The van der Waals surface area contributed by atoms with Gasteiger partial charge >= 0.3 is 63.3 Å². The molecule has 0 radical (unpaired) electrons. The molecule has 4 aromatic heterocycles. The SMILES string of the molecule is Brc1cc2c(s1)-c1sc(Br)cc1SN=N2.CC1(C)OB(B2OC(C)(C)C(C)(C)O2)OC1(C)C.CC1OB(c2cc3c(s2)-c2sc(B4OC(C)(C)C(C)(C)O4)cc2N=NS3)OC1(C)C.[Cl][Pd][Cl].c1ccc(P(c2ccccc2)c2ccccc2)cc1.c1ccc(P(c2ccccc2)c2ccccc2)cc1. The number of rotatable bonds is 9. The summed E-state index contributed by atoms with van der Waals surface area (Å²) >= 11 is 16.5. The summed E-state index contributed by atoms with van der Waals surface area (Å²) in [4.78, 5) is 6.93. The molecule has 4 saturated heterocycles. The second-order valence-electron chi connectivity index (χ2n) is 28.2. The van der Waals surface area contributed by atoms with Crippen molar-refractivity contribution in [2.45, 2.75) is 159 Å². The van der Waals surface area contributed by atoms with Gasteiger partial charge in [0.2, 0.25) is 0 Å². The standard InChI is InChI=1S/C19H24B2N2O4S3.2C18H15P.C12H24B2O4.C8H2Br2N2S3.2ClH.Pd/c1-10-17(2,3)25-20(24-10)14-9-12-16(29-14)15-11(22-23-30-12)8-13(28-15)21-26-18(4,5)19(6,7)27-21;2*1-4-10-16(11-5-1)19(17-12-6-2-7-13-17)18-14-8-3-9-15-18;1-9(2)10(3,4)16-13(15-9)14-17-11(5,6)12(7,8)18-14;9-5-1-3-7(13-5)8-4(15-12-11-3)2-6(10)14-8;;;/h8-10H,1-7H3;2*1-15H;1-8H3;1-2H;2*1H;/q;;;;;;;+2/p-2. The van der Waals surface area contributed by atoms with Crippen LogP contribution in [0, 0.1) is 0 Å². The average Bonchev–Trinajstić information content (AvgIpc) is 1.59. The van der Waals surface area contributed by atoms with E-state index in [0.29, 0.717) is 0 Å². The molecule has 1 atom stereocenters. The van der Waals surface area contributed by atoms with Gasteiger partial charge in [0, 0.05) is 33.4 Å². The smallest absolute Gasteiger partial charge is 0.0134 e. The van der Waals surface area contributed by atoms with E-state index in [0.717, 1.165) is 43.2 Å². The maximum absolute atomic E-state index is 6.24. The molecular weight excluding hydrogens is 1720 g/mol. The molecule has 4 fully saturated rings. The van der Waals surface area contributed by atoms with E-state index >= 15 is 0 Å². The molecule has 0 saturated carbocycles. The molecule has 0 bridgehead atoms. The minimum Gasteiger partial charge on any atom is -0.0622 e. The molecule has 544 valence electrons. The fourth-order valence-corrected chi connectivity index (χ4v) is 23.1. The van der Waals surface area contributed by atoms with Crippen LogP contribution in [-0.4, -0.2) is 73.6 Å². The molecule has 0 amide bonds. The zero-order chi connectivity index (χ0) is 74.4. The number of halogens is 4. The first-order chi connectivity index (χ1) is 49.4. The summed E-state index contributed by atoms with van der Waals surface area (Å²) in [7, 11) is 7.03. The van der Waals surface area contributed by atoms with E-state index in [-0.39, 0.29) is 68.4 Å². The van der Waals surface area contributed by atoms with E-state index in [1.165, 1.54) is 70.4 Å². The summed E-state index contributed by atoms with van der Waals surface area (Å²) in [6, 6.07) is 72.9. The molecule has 1 unspecified atom stereocenters. The van der Waals surface area contributed by atoms with Crippen LogP contribution < -0.4 is 41.4 Å². The Hall–Kier alpha value is -2.98. The molecule has 16 rings (SSSR count). The summed E-state index contributed by atoms with van der Waals surface area (Å²) in [6.45, 7) is 30.6. The molecule has 12 nitrogen and oxygen atoms in total. The normalized spacial score (nSPS) is 19.1. The molecule has 10 heterocycles. The van der Waals surface area contributed by atoms with Gasteiger partial charge in [-0.25, -0.2) is 0 Å². The van der Waals surface area contributed by atoms with Gasteiger partial charge in [0.1, 0.15) is 11.4 Å². The van der Waals surface area contributed by atoms with Crippen molar-refractivity contribution in [2.24, 2.45) is 19.3 Å². The van der Waals surface area contributed by atoms with Gasteiger partial charge in [-0.05, 0) is 208 Å². The molecule has 0 spiro atoms. The monoisotopic (exact) mass is 1800 g/mol. The molecule has 10 aromatic rings. The topological polar surface area (TPSA) is 123 Å². The molecule has 29 heteroatoms. The third kappa shape index (κ3) is 19.5. The van der Waals surface area contributed by atoms with Crippen molar-refractivity contribution in [1.29, 1.82) is 0 Å². The number of benzene rings is 6. The molecule has 104 heavy (non-hydrogen) atoms. The largest absolute Gasteiger partial charge is 0.0622 e. The average molecular weight is 1800 g/mol. The molecule has 0 aliphatic carbocycles. The van der Waals surface area contributed by atoms with Crippen molar-refractivity contribution in [3.05, 3.63) is 214 Å². The Balaban J connectivity index is 0.000000132. The Labute approximate surface area is 674 Å². The van der Waals surface area contributed by atoms with Crippen LogP contribution in [0.15, 0.2) is 243 Å². The van der Waals surface area contributed by atoms with Crippen LogP contribution in [0.5, 0.6) is 0 Å². The van der Waals surface area contributed by atoms with Crippen molar-refractivity contribution >= 4 is 217 Å². The third-order valence-corrected chi connectivity index (χ3v) is 31.5. The molecule has 6 aliphatic rings. The van der Waals surface area contributed by atoms with Gasteiger partial charge in [-0.3, -0.25) is 0 Å². The minimum atomic E-state index is -0.476. The van der Waals surface area contributed by atoms with Crippen molar-refractivity contribution in [1.82, 2.24) is 0 Å². The summed E-state index contributed by atoms with van der Waals surface area (Å²) in [5.41, 5.74) is -0.697. The number of fused-ring (bicyclic) bond motifs is 6. The van der Waals surface area contributed by atoms with E-state index in [4.69, 9.17) is 56.3 Å². The van der Waals surface area contributed by atoms with Gasteiger partial charge in [-0.1, -0.05) is 182 Å². The second kappa shape index (κ2) is 35.2. The molecule has 6 aromatic carbocycles. The number of hydrogen-bond acceptors (Lipinski definition) is 18. The molecule has 0 N–H and O–H groups in total. The van der Waals surface area contributed by atoms with Gasteiger partial charge in [0.25, 0.3) is 0 Å². The van der Waals surface area contributed by atoms with Crippen LogP contribution in [0.3, 0.4) is 0 Å². The first-order valence-electron chi connectivity index (χ1n) is 33.6. The van der Waals surface area contributed by atoms with Gasteiger partial charge in [-0.2, -0.15) is 0 Å². The van der Waals surface area contributed by atoms with E-state index in [9.17, 15) is 0 Å². The Bertz CT molecular complexity index is 4160. The molecule has 6 aliphatic heterocycles. The van der Waals surface area contributed by atoms with Crippen molar-refractivity contribution in [3.63, 3.8) is 0 Å². The molecular formula is C75H80B4Br2Cl2N4O8P2PdS6. The van der Waals surface area contributed by atoms with Gasteiger partial charge < -0.3 is 37.2 Å². The van der Waals surface area contributed by atoms with E-state index in [1.54, 1.807) is 45.3 Å². The van der Waals surface area contributed by atoms with Crippen molar-refractivity contribution < 1.29 is 53.2 Å². The van der Waals surface area contributed by atoms with Gasteiger partial charge in [0.15, 0.2) is 0 Å². The van der Waals surface area contributed by atoms with Crippen molar-refractivity contribution in [3.8, 4) is 19.5 Å². The number of hydrogen-bond donors (Lipinski definition) is 0. The van der Waals surface area contributed by atoms with Crippen LogP contribution in [0.2, 0.25) is 0 Å². The predicted molar refractivity (Wildman–Crippen MR) is 452 cm³/mol.